The molecule has 3 aromatic carbocycles. The molecule has 178 valence electrons. The molecule has 0 bridgehead atoms. The fourth-order valence-corrected chi connectivity index (χ4v) is 5.17. The maximum atomic E-state index is 13.2. The van der Waals surface area contributed by atoms with Crippen molar-refractivity contribution in [2.75, 3.05) is 13.7 Å². The zero-order valence-corrected chi connectivity index (χ0v) is 19.7. The monoisotopic (exact) mass is 476 g/mol. The molecule has 2 N–H and O–H groups in total. The molecule has 0 spiro atoms. The first-order valence-electron chi connectivity index (χ1n) is 11.7. The van der Waals surface area contributed by atoms with Gasteiger partial charge in [-0.25, -0.2) is 4.79 Å². The Hall–Kier alpha value is -4.65. The van der Waals surface area contributed by atoms with Gasteiger partial charge in [0.25, 0.3) is 5.91 Å². The van der Waals surface area contributed by atoms with Crippen molar-refractivity contribution in [2.45, 2.75) is 12.1 Å². The number of pyridine rings is 1. The van der Waals surface area contributed by atoms with Gasteiger partial charge in [-0.3, -0.25) is 15.1 Å². The summed E-state index contributed by atoms with van der Waals surface area (Å²) in [6.07, 6.45) is 1.78. The molecule has 1 saturated heterocycles. The molecule has 1 aromatic heterocycles. The number of fused-ring (bicyclic) bond motifs is 2. The normalized spacial score (nSPS) is 18.8. The van der Waals surface area contributed by atoms with Gasteiger partial charge in [0.2, 0.25) is 0 Å². The third-order valence-electron chi connectivity index (χ3n) is 7.06. The van der Waals surface area contributed by atoms with Gasteiger partial charge in [-0.2, -0.15) is 0 Å². The van der Waals surface area contributed by atoms with E-state index in [2.05, 4.69) is 22.2 Å². The fraction of sp³-hybridized carbons (Fsp3) is 0.138. The predicted octanol–water partition coefficient (Wildman–Crippen LogP) is 4.43. The summed E-state index contributed by atoms with van der Waals surface area (Å²) in [5.41, 5.74) is 5.21. The number of carbonyl (C=O) groups is 2. The lowest BCUT2D eigenvalue weighted by Gasteiger charge is -2.33. The van der Waals surface area contributed by atoms with Crippen molar-refractivity contribution in [3.63, 3.8) is 0 Å². The Labute approximate surface area is 208 Å². The van der Waals surface area contributed by atoms with E-state index in [1.165, 1.54) is 0 Å². The number of para-hydroxylation sites is 1. The molecule has 1 fully saturated rings. The van der Waals surface area contributed by atoms with Gasteiger partial charge in [0.15, 0.2) is 5.54 Å². The van der Waals surface area contributed by atoms with Crippen molar-refractivity contribution in [3.8, 4) is 16.9 Å². The molecule has 36 heavy (non-hydrogen) atoms. The van der Waals surface area contributed by atoms with E-state index in [1.807, 2.05) is 77.7 Å². The van der Waals surface area contributed by atoms with E-state index in [4.69, 9.17) is 4.74 Å². The van der Waals surface area contributed by atoms with Crippen molar-refractivity contribution in [1.82, 2.24) is 20.5 Å². The third kappa shape index (κ3) is 3.40. The van der Waals surface area contributed by atoms with Crippen LogP contribution in [0.1, 0.15) is 16.7 Å². The summed E-state index contributed by atoms with van der Waals surface area (Å²) >= 11 is 0. The SMILES string of the molecule is C=C1c2cc(OC)ccc2CN1C[C@@]1(c2ccc(-c3cccc4cccnc34)cc2)NC(=O)NC1=O. The summed E-state index contributed by atoms with van der Waals surface area (Å²) in [4.78, 5) is 32.1. The third-order valence-corrected chi connectivity index (χ3v) is 7.06. The van der Waals surface area contributed by atoms with Gasteiger partial charge in [0, 0.05) is 35.0 Å². The van der Waals surface area contributed by atoms with Gasteiger partial charge in [0.05, 0.1) is 19.2 Å². The lowest BCUT2D eigenvalue weighted by molar-refractivity contribution is -0.124. The Morgan fingerprint density at radius 3 is 2.58 bits per heavy atom. The van der Waals surface area contributed by atoms with Crippen molar-refractivity contribution in [1.29, 1.82) is 0 Å². The Balaban J connectivity index is 1.36. The van der Waals surface area contributed by atoms with Crippen LogP contribution < -0.4 is 15.4 Å². The van der Waals surface area contributed by atoms with Crippen LogP contribution in [-0.2, 0) is 16.9 Å². The highest BCUT2D eigenvalue weighted by Gasteiger charge is 2.49. The molecule has 7 heteroatoms. The number of amides is 3. The van der Waals surface area contributed by atoms with Crippen LogP contribution in [0.2, 0.25) is 0 Å². The molecule has 0 aliphatic carbocycles. The Morgan fingerprint density at radius 1 is 1.03 bits per heavy atom. The number of imide groups is 1. The van der Waals surface area contributed by atoms with Crippen molar-refractivity contribution < 1.29 is 14.3 Å². The zero-order valence-electron chi connectivity index (χ0n) is 19.7. The van der Waals surface area contributed by atoms with Crippen LogP contribution in [0, 0.1) is 0 Å². The second-order valence-electron chi connectivity index (χ2n) is 9.10. The summed E-state index contributed by atoms with van der Waals surface area (Å²) < 4.78 is 5.37. The van der Waals surface area contributed by atoms with Crippen LogP contribution >= 0.6 is 0 Å². The maximum absolute atomic E-state index is 13.2. The molecule has 6 rings (SSSR count). The molecule has 7 nitrogen and oxygen atoms in total. The van der Waals surface area contributed by atoms with E-state index >= 15 is 0 Å². The van der Waals surface area contributed by atoms with Crippen LogP contribution in [0.5, 0.6) is 5.75 Å². The average molecular weight is 477 g/mol. The first kappa shape index (κ1) is 21.9. The molecule has 3 amide bonds. The second-order valence-corrected chi connectivity index (χ2v) is 9.10. The number of ether oxygens (including phenoxy) is 1. The number of hydrogen-bond donors (Lipinski definition) is 2. The van der Waals surface area contributed by atoms with Crippen LogP contribution in [0.4, 0.5) is 4.79 Å². The summed E-state index contributed by atoms with van der Waals surface area (Å²) in [5.74, 6) is 0.366. The van der Waals surface area contributed by atoms with Crippen LogP contribution in [-0.4, -0.2) is 35.5 Å². The Morgan fingerprint density at radius 2 is 1.83 bits per heavy atom. The number of nitrogens with zero attached hydrogens (tertiary/aromatic N) is 2. The van der Waals surface area contributed by atoms with E-state index in [0.29, 0.717) is 12.1 Å². The summed E-state index contributed by atoms with van der Waals surface area (Å²) in [6, 6.07) is 23.1. The summed E-state index contributed by atoms with van der Waals surface area (Å²) in [7, 11) is 1.63. The number of hydrogen-bond acceptors (Lipinski definition) is 5. The van der Waals surface area contributed by atoms with Crippen molar-refractivity contribution >= 4 is 28.5 Å². The van der Waals surface area contributed by atoms with Crippen molar-refractivity contribution in [3.05, 3.63) is 102 Å². The number of carbonyl (C=O) groups excluding carboxylic acids is 2. The first-order valence-corrected chi connectivity index (χ1v) is 11.7. The van der Waals surface area contributed by atoms with Gasteiger partial charge >= 0.3 is 6.03 Å². The molecular formula is C29H24N4O3. The largest absolute Gasteiger partial charge is 0.497 e. The molecule has 2 aliphatic rings. The van der Waals surface area contributed by atoms with Crippen LogP contribution in [0.3, 0.4) is 0 Å². The number of aromatic nitrogens is 1. The molecule has 4 aromatic rings. The number of methoxy groups -OCH3 is 1. The smallest absolute Gasteiger partial charge is 0.322 e. The lowest BCUT2D eigenvalue weighted by Crippen LogP contribution is -2.51. The number of benzene rings is 3. The minimum Gasteiger partial charge on any atom is -0.497 e. The van der Waals surface area contributed by atoms with Gasteiger partial charge in [0.1, 0.15) is 5.75 Å². The summed E-state index contributed by atoms with van der Waals surface area (Å²) in [5, 5.41) is 6.39. The molecule has 3 heterocycles. The van der Waals surface area contributed by atoms with E-state index < -0.39 is 11.6 Å². The molecule has 0 radical (unpaired) electrons. The highest BCUT2D eigenvalue weighted by Crippen LogP contribution is 2.38. The van der Waals surface area contributed by atoms with Crippen LogP contribution in [0.15, 0.2) is 85.6 Å². The minimum absolute atomic E-state index is 0.246. The van der Waals surface area contributed by atoms with E-state index in [9.17, 15) is 9.59 Å². The zero-order chi connectivity index (χ0) is 24.9. The van der Waals surface area contributed by atoms with Gasteiger partial charge < -0.3 is 15.0 Å². The molecule has 2 aliphatic heterocycles. The molecular weight excluding hydrogens is 452 g/mol. The van der Waals surface area contributed by atoms with Crippen molar-refractivity contribution in [2.24, 2.45) is 0 Å². The standard InChI is InChI=1S/C29H24N4O3/c1-18-25-15-23(36-2)13-10-21(25)16-33(18)17-29(27(34)31-28(35)32-29)22-11-8-19(9-12-22)24-7-3-5-20-6-4-14-30-26(20)24/h3-15H,1,16-17H2,2H3,(H2,31,32,34,35)/t29-/m0/s1. The van der Waals surface area contributed by atoms with Gasteiger partial charge in [-0.1, -0.05) is 61.2 Å². The number of nitrogens with one attached hydrogen (secondary N) is 2. The number of rotatable bonds is 5. The fourth-order valence-electron chi connectivity index (χ4n) is 5.17. The Bertz CT molecular complexity index is 1540. The van der Waals surface area contributed by atoms with E-state index in [0.717, 1.165) is 44.6 Å². The highest BCUT2D eigenvalue weighted by atomic mass is 16.5. The quantitative estimate of drug-likeness (QED) is 0.417. The second kappa shape index (κ2) is 8.23. The first-order chi connectivity index (χ1) is 17.5. The average Bonchev–Trinajstić information content (AvgIpc) is 3.38. The Kier molecular flexibility index (Phi) is 5.00. The molecule has 1 atom stereocenters. The summed E-state index contributed by atoms with van der Waals surface area (Å²) in [6.45, 7) is 5.10. The maximum Gasteiger partial charge on any atom is 0.322 e. The minimum atomic E-state index is -1.25. The van der Waals surface area contributed by atoms with Gasteiger partial charge in [-0.05, 0) is 34.9 Å². The highest BCUT2D eigenvalue weighted by molar-refractivity contribution is 6.08. The number of urea groups is 1. The van der Waals surface area contributed by atoms with Crippen LogP contribution in [0.25, 0.3) is 27.7 Å². The molecule has 0 unspecified atom stereocenters. The molecule has 0 saturated carbocycles. The van der Waals surface area contributed by atoms with E-state index in [-0.39, 0.29) is 12.5 Å². The predicted molar refractivity (Wildman–Crippen MR) is 138 cm³/mol. The van der Waals surface area contributed by atoms with E-state index in [1.54, 1.807) is 13.3 Å². The van der Waals surface area contributed by atoms with Gasteiger partial charge in [-0.15, -0.1) is 0 Å². The topological polar surface area (TPSA) is 83.6 Å². The lowest BCUT2D eigenvalue weighted by atomic mass is 9.87.